The third-order valence-electron chi connectivity index (χ3n) is 2.32. The fourth-order valence-corrected chi connectivity index (χ4v) is 1.32. The minimum atomic E-state index is -0.384. The molecule has 0 atom stereocenters. The molecule has 0 aliphatic carbocycles. The zero-order valence-electron chi connectivity index (χ0n) is 9.18. The first-order valence-electron chi connectivity index (χ1n) is 5.02. The van der Waals surface area contributed by atoms with Gasteiger partial charge < -0.3 is 25.4 Å². The van der Waals surface area contributed by atoms with Crippen LogP contribution < -0.4 is 10.1 Å². The summed E-state index contributed by atoms with van der Waals surface area (Å²) in [7, 11) is 1.48. The van der Waals surface area contributed by atoms with Crippen LogP contribution in [0.15, 0.2) is 18.2 Å². The summed E-state index contributed by atoms with van der Waals surface area (Å²) in [4.78, 5) is 0. The molecule has 0 unspecified atom stereocenters. The van der Waals surface area contributed by atoms with Crippen LogP contribution in [0.1, 0.15) is 5.56 Å². The van der Waals surface area contributed by atoms with Gasteiger partial charge in [0.1, 0.15) is 0 Å². The van der Waals surface area contributed by atoms with Crippen LogP contribution in [0.3, 0.4) is 0 Å². The average molecular weight is 227 g/mol. The Bertz CT molecular complexity index is 326. The molecule has 90 valence electrons. The van der Waals surface area contributed by atoms with Gasteiger partial charge in [0, 0.05) is 12.1 Å². The predicted octanol–water partition coefficient (Wildman–Crippen LogP) is -0.156. The van der Waals surface area contributed by atoms with Crippen LogP contribution in [0.5, 0.6) is 11.5 Å². The molecule has 1 aromatic carbocycles. The summed E-state index contributed by atoms with van der Waals surface area (Å²) in [5.74, 6) is 0.482. The molecular formula is C11H17NO4. The van der Waals surface area contributed by atoms with Crippen LogP contribution in [0.2, 0.25) is 0 Å². The van der Waals surface area contributed by atoms with Crippen molar-refractivity contribution in [2.45, 2.75) is 12.6 Å². The van der Waals surface area contributed by atoms with Crippen LogP contribution in [-0.2, 0) is 6.54 Å². The number of para-hydroxylation sites is 1. The van der Waals surface area contributed by atoms with Gasteiger partial charge in [0.2, 0.25) is 0 Å². The molecule has 0 radical (unpaired) electrons. The van der Waals surface area contributed by atoms with Crippen LogP contribution in [0.25, 0.3) is 0 Å². The van der Waals surface area contributed by atoms with Crippen molar-refractivity contribution in [3.05, 3.63) is 23.8 Å². The number of benzene rings is 1. The number of nitrogens with one attached hydrogen (secondary N) is 1. The molecule has 0 aromatic heterocycles. The summed E-state index contributed by atoms with van der Waals surface area (Å²) < 4.78 is 4.97. The maximum atomic E-state index is 9.76. The molecule has 5 heteroatoms. The van der Waals surface area contributed by atoms with Crippen molar-refractivity contribution in [2.75, 3.05) is 20.3 Å². The zero-order valence-corrected chi connectivity index (χ0v) is 9.18. The molecule has 0 amide bonds. The minimum Gasteiger partial charge on any atom is -0.504 e. The Hall–Kier alpha value is -1.30. The maximum absolute atomic E-state index is 9.76. The van der Waals surface area contributed by atoms with Crippen molar-refractivity contribution in [2.24, 2.45) is 0 Å². The number of ether oxygens (including phenoxy) is 1. The van der Waals surface area contributed by atoms with Gasteiger partial charge in [-0.1, -0.05) is 12.1 Å². The quantitative estimate of drug-likeness (QED) is 0.543. The molecule has 1 aromatic rings. The van der Waals surface area contributed by atoms with Gasteiger partial charge in [0.15, 0.2) is 11.5 Å². The lowest BCUT2D eigenvalue weighted by atomic mass is 10.1. The second kappa shape index (κ2) is 6.32. The highest BCUT2D eigenvalue weighted by atomic mass is 16.5. The van der Waals surface area contributed by atoms with E-state index < -0.39 is 0 Å². The van der Waals surface area contributed by atoms with Crippen LogP contribution in [0.4, 0.5) is 0 Å². The van der Waals surface area contributed by atoms with Gasteiger partial charge >= 0.3 is 0 Å². The SMILES string of the molecule is COc1cccc(CNC(CO)CO)c1O. The Morgan fingerprint density at radius 1 is 1.31 bits per heavy atom. The number of methoxy groups -OCH3 is 1. The van der Waals surface area contributed by atoms with E-state index in [2.05, 4.69) is 5.32 Å². The van der Waals surface area contributed by atoms with Crippen molar-refractivity contribution in [3.8, 4) is 11.5 Å². The molecule has 0 aliphatic rings. The zero-order chi connectivity index (χ0) is 12.0. The monoisotopic (exact) mass is 227 g/mol. The highest BCUT2D eigenvalue weighted by Gasteiger charge is 2.09. The van der Waals surface area contributed by atoms with E-state index in [1.54, 1.807) is 18.2 Å². The van der Waals surface area contributed by atoms with Crippen molar-refractivity contribution in [3.63, 3.8) is 0 Å². The van der Waals surface area contributed by atoms with Gasteiger partial charge in [-0.2, -0.15) is 0 Å². The molecule has 0 bridgehead atoms. The lowest BCUT2D eigenvalue weighted by Crippen LogP contribution is -2.35. The molecular weight excluding hydrogens is 210 g/mol. The van der Waals surface area contributed by atoms with Gasteiger partial charge in [-0.15, -0.1) is 0 Å². The van der Waals surface area contributed by atoms with E-state index in [9.17, 15) is 5.11 Å². The van der Waals surface area contributed by atoms with Crippen LogP contribution in [0, 0.1) is 0 Å². The summed E-state index contributed by atoms with van der Waals surface area (Å²) in [6.45, 7) is 0.0529. The third kappa shape index (κ3) is 3.10. The topological polar surface area (TPSA) is 82.0 Å². The van der Waals surface area contributed by atoms with E-state index in [-0.39, 0.29) is 25.0 Å². The minimum absolute atomic E-state index is 0.0760. The highest BCUT2D eigenvalue weighted by molar-refractivity contribution is 5.45. The van der Waals surface area contributed by atoms with E-state index in [1.807, 2.05) is 0 Å². The molecule has 5 nitrogen and oxygen atoms in total. The Labute approximate surface area is 94.3 Å². The molecule has 0 aliphatic heterocycles. The van der Waals surface area contributed by atoms with Gasteiger partial charge in [-0.05, 0) is 6.07 Å². The molecule has 0 saturated carbocycles. The van der Waals surface area contributed by atoms with Gasteiger partial charge in [0.25, 0.3) is 0 Å². The largest absolute Gasteiger partial charge is 0.504 e. The first-order valence-corrected chi connectivity index (χ1v) is 5.02. The average Bonchev–Trinajstić information content (AvgIpc) is 2.32. The first kappa shape index (κ1) is 12.8. The van der Waals surface area contributed by atoms with Crippen molar-refractivity contribution in [1.82, 2.24) is 5.32 Å². The summed E-state index contributed by atoms with van der Waals surface area (Å²) >= 11 is 0. The Morgan fingerprint density at radius 3 is 2.56 bits per heavy atom. The van der Waals surface area contributed by atoms with E-state index in [1.165, 1.54) is 7.11 Å². The standard InChI is InChI=1S/C11H17NO4/c1-16-10-4-2-3-8(11(10)15)5-12-9(6-13)7-14/h2-4,9,12-15H,5-7H2,1H3. The Kier molecular flexibility index (Phi) is 5.04. The summed E-state index contributed by atoms with van der Waals surface area (Å²) in [6.07, 6.45) is 0. The number of hydrogen-bond acceptors (Lipinski definition) is 5. The number of aliphatic hydroxyl groups excluding tert-OH is 2. The molecule has 1 rings (SSSR count). The van der Waals surface area contributed by atoms with Crippen LogP contribution >= 0.6 is 0 Å². The van der Waals surface area contributed by atoms with Gasteiger partial charge in [-0.25, -0.2) is 0 Å². The van der Waals surface area contributed by atoms with Crippen molar-refractivity contribution < 1.29 is 20.1 Å². The Balaban J connectivity index is 2.66. The summed E-state index contributed by atoms with van der Waals surface area (Å²) in [5.41, 5.74) is 0.659. The lowest BCUT2D eigenvalue weighted by molar-refractivity contribution is 0.170. The second-order valence-corrected chi connectivity index (χ2v) is 3.41. The van der Waals surface area contributed by atoms with E-state index in [4.69, 9.17) is 14.9 Å². The number of phenolic OH excluding ortho intramolecular Hbond substituents is 1. The first-order chi connectivity index (χ1) is 7.72. The lowest BCUT2D eigenvalue weighted by Gasteiger charge is -2.14. The number of phenols is 1. The van der Waals surface area contributed by atoms with E-state index in [0.717, 1.165) is 0 Å². The maximum Gasteiger partial charge on any atom is 0.162 e. The molecule has 0 spiro atoms. The molecule has 0 heterocycles. The normalized spacial score (nSPS) is 10.8. The number of hydrogen-bond donors (Lipinski definition) is 4. The summed E-state index contributed by atoms with van der Waals surface area (Å²) in [6, 6.07) is 4.79. The van der Waals surface area contributed by atoms with E-state index in [0.29, 0.717) is 17.9 Å². The number of aliphatic hydroxyl groups is 2. The van der Waals surface area contributed by atoms with Crippen molar-refractivity contribution in [1.29, 1.82) is 0 Å². The van der Waals surface area contributed by atoms with Gasteiger partial charge in [0.05, 0.1) is 26.4 Å². The second-order valence-electron chi connectivity index (χ2n) is 3.41. The molecule has 0 saturated heterocycles. The van der Waals surface area contributed by atoms with Crippen molar-refractivity contribution >= 4 is 0 Å². The Morgan fingerprint density at radius 2 is 2.00 bits per heavy atom. The summed E-state index contributed by atoms with van der Waals surface area (Å²) in [5, 5.41) is 30.4. The fraction of sp³-hybridized carbons (Fsp3) is 0.455. The smallest absolute Gasteiger partial charge is 0.162 e. The predicted molar refractivity (Wildman–Crippen MR) is 59.5 cm³/mol. The van der Waals surface area contributed by atoms with Gasteiger partial charge in [-0.3, -0.25) is 0 Å². The molecule has 4 N–H and O–H groups in total. The molecule has 16 heavy (non-hydrogen) atoms. The van der Waals surface area contributed by atoms with Crippen LogP contribution in [-0.4, -0.2) is 41.7 Å². The number of rotatable bonds is 6. The fourth-order valence-electron chi connectivity index (χ4n) is 1.32. The third-order valence-corrected chi connectivity index (χ3v) is 2.32. The molecule has 0 fully saturated rings. The highest BCUT2D eigenvalue weighted by Crippen LogP contribution is 2.29. The van der Waals surface area contributed by atoms with E-state index >= 15 is 0 Å². The number of aromatic hydroxyl groups is 1.